The molecule has 0 aliphatic carbocycles. The number of halogens is 1. The van der Waals surface area contributed by atoms with Crippen LogP contribution < -0.4 is 16.0 Å². The van der Waals surface area contributed by atoms with Crippen molar-refractivity contribution in [2.24, 2.45) is 4.99 Å². The highest BCUT2D eigenvalue weighted by atomic mass is 127. The fourth-order valence-corrected chi connectivity index (χ4v) is 1.02. The number of amides is 1. The van der Waals surface area contributed by atoms with E-state index in [1.54, 1.807) is 7.11 Å². The Hall–Kier alpha value is -0.570. The van der Waals surface area contributed by atoms with Crippen molar-refractivity contribution in [2.45, 2.75) is 13.8 Å². The highest BCUT2D eigenvalue weighted by molar-refractivity contribution is 14.0. The second kappa shape index (κ2) is 13.5. The van der Waals surface area contributed by atoms with Gasteiger partial charge in [0.1, 0.15) is 6.54 Å². The molecule has 0 aromatic rings. The number of likely N-dealkylation sites (N-methyl/N-ethyl adjacent to an activating group) is 1. The normalized spacial score (nSPS) is 10.4. The number of carbonyl (C=O) groups is 1. The first kappa shape index (κ1) is 18.8. The molecule has 0 bridgehead atoms. The highest BCUT2D eigenvalue weighted by Gasteiger charge is 1.99. The molecule has 17 heavy (non-hydrogen) atoms. The van der Waals surface area contributed by atoms with E-state index >= 15 is 0 Å². The molecule has 0 saturated heterocycles. The Labute approximate surface area is 120 Å². The molecule has 0 aromatic carbocycles. The van der Waals surface area contributed by atoms with Crippen LogP contribution in [0.3, 0.4) is 0 Å². The summed E-state index contributed by atoms with van der Waals surface area (Å²) >= 11 is 0. The number of methoxy groups -OCH3 is 1. The zero-order valence-electron chi connectivity index (χ0n) is 10.7. The molecule has 0 heterocycles. The Morgan fingerprint density at radius 3 is 2.35 bits per heavy atom. The molecule has 0 aliphatic rings. The van der Waals surface area contributed by atoms with Gasteiger partial charge in [0, 0.05) is 26.7 Å². The van der Waals surface area contributed by atoms with Gasteiger partial charge in [-0.05, 0) is 13.8 Å². The summed E-state index contributed by atoms with van der Waals surface area (Å²) in [5, 5.41) is 8.78. The van der Waals surface area contributed by atoms with Gasteiger partial charge in [-0.3, -0.25) is 4.79 Å². The van der Waals surface area contributed by atoms with Gasteiger partial charge in [-0.25, -0.2) is 4.99 Å². The van der Waals surface area contributed by atoms with Crippen LogP contribution in [0.1, 0.15) is 13.8 Å². The van der Waals surface area contributed by atoms with E-state index in [9.17, 15) is 4.79 Å². The Morgan fingerprint density at radius 1 is 1.18 bits per heavy atom. The lowest BCUT2D eigenvalue weighted by Gasteiger charge is -2.10. The predicted octanol–water partition coefficient (Wildman–Crippen LogP) is -0.0580. The summed E-state index contributed by atoms with van der Waals surface area (Å²) in [5.74, 6) is 0.553. The van der Waals surface area contributed by atoms with E-state index in [1.165, 1.54) is 0 Å². The smallest absolute Gasteiger partial charge is 0.241 e. The maximum atomic E-state index is 11.2. The Bertz CT molecular complexity index is 224. The van der Waals surface area contributed by atoms with Crippen molar-refractivity contribution in [2.75, 3.05) is 39.9 Å². The molecule has 6 nitrogen and oxygen atoms in total. The van der Waals surface area contributed by atoms with Gasteiger partial charge in [-0.15, -0.1) is 24.0 Å². The van der Waals surface area contributed by atoms with E-state index in [-0.39, 0.29) is 36.4 Å². The molecule has 0 fully saturated rings. The Morgan fingerprint density at radius 2 is 1.82 bits per heavy atom. The van der Waals surface area contributed by atoms with E-state index < -0.39 is 0 Å². The molecule has 3 N–H and O–H groups in total. The van der Waals surface area contributed by atoms with Gasteiger partial charge in [-0.2, -0.15) is 0 Å². The molecule has 1 amide bonds. The molecule has 0 atom stereocenters. The van der Waals surface area contributed by atoms with E-state index in [4.69, 9.17) is 4.74 Å². The van der Waals surface area contributed by atoms with Crippen LogP contribution in [0.5, 0.6) is 0 Å². The van der Waals surface area contributed by atoms with Crippen molar-refractivity contribution < 1.29 is 9.53 Å². The number of hydrogen-bond acceptors (Lipinski definition) is 3. The third-order valence-corrected chi connectivity index (χ3v) is 1.70. The average Bonchev–Trinajstić information content (AvgIpc) is 2.26. The van der Waals surface area contributed by atoms with Gasteiger partial charge in [0.15, 0.2) is 5.96 Å². The summed E-state index contributed by atoms with van der Waals surface area (Å²) in [6.07, 6.45) is 0. The lowest BCUT2D eigenvalue weighted by molar-refractivity contribution is -0.119. The van der Waals surface area contributed by atoms with Crippen molar-refractivity contribution in [3.63, 3.8) is 0 Å². The number of nitrogens with one attached hydrogen (secondary N) is 3. The molecule has 0 saturated carbocycles. The average molecular weight is 358 g/mol. The SMILES string of the molecule is CCNC(=O)CN=C(NCC)NCCOC.I. The van der Waals surface area contributed by atoms with E-state index in [0.29, 0.717) is 25.7 Å². The summed E-state index contributed by atoms with van der Waals surface area (Å²) in [7, 11) is 1.64. The first-order chi connectivity index (χ1) is 7.74. The number of ether oxygens (including phenoxy) is 1. The van der Waals surface area contributed by atoms with Gasteiger partial charge in [0.05, 0.1) is 6.61 Å². The van der Waals surface area contributed by atoms with Crippen LogP contribution in [0.2, 0.25) is 0 Å². The molecule has 0 aromatic heterocycles. The number of hydrogen-bond donors (Lipinski definition) is 3. The van der Waals surface area contributed by atoms with Gasteiger partial charge >= 0.3 is 0 Å². The zero-order chi connectivity index (χ0) is 12.2. The van der Waals surface area contributed by atoms with Gasteiger partial charge in [-0.1, -0.05) is 0 Å². The molecule has 0 aliphatic heterocycles. The standard InChI is InChI=1S/C10H22N4O2.HI/c1-4-11-9(15)8-14-10(12-5-2)13-6-7-16-3;/h4-8H2,1-3H3,(H,11,15)(H2,12,13,14);1H. The van der Waals surface area contributed by atoms with E-state index in [0.717, 1.165) is 6.54 Å². The lowest BCUT2D eigenvalue weighted by Crippen LogP contribution is -2.39. The molecule has 0 rings (SSSR count). The molecule has 0 unspecified atom stereocenters. The van der Waals surface area contributed by atoms with Crippen LogP contribution in [0.15, 0.2) is 4.99 Å². The van der Waals surface area contributed by atoms with Gasteiger partial charge < -0.3 is 20.7 Å². The quantitative estimate of drug-likeness (QED) is 0.258. The van der Waals surface area contributed by atoms with Crippen LogP contribution in [-0.4, -0.2) is 51.8 Å². The van der Waals surface area contributed by atoms with Crippen molar-refractivity contribution >= 4 is 35.8 Å². The summed E-state index contributed by atoms with van der Waals surface area (Å²) in [6.45, 7) is 6.64. The van der Waals surface area contributed by atoms with Crippen molar-refractivity contribution in [3.8, 4) is 0 Å². The maximum Gasteiger partial charge on any atom is 0.241 e. The second-order valence-corrected chi connectivity index (χ2v) is 3.07. The number of guanidine groups is 1. The summed E-state index contributed by atoms with van der Waals surface area (Å²) in [6, 6.07) is 0. The number of carbonyl (C=O) groups excluding carboxylic acids is 1. The largest absolute Gasteiger partial charge is 0.383 e. The topological polar surface area (TPSA) is 74.8 Å². The predicted molar refractivity (Wildman–Crippen MR) is 80.0 cm³/mol. The molecule has 0 spiro atoms. The molecular formula is C10H23IN4O2. The first-order valence-corrected chi connectivity index (χ1v) is 5.52. The summed E-state index contributed by atoms with van der Waals surface area (Å²) in [4.78, 5) is 15.3. The van der Waals surface area contributed by atoms with Gasteiger partial charge in [0.2, 0.25) is 5.91 Å². The lowest BCUT2D eigenvalue weighted by atomic mass is 10.5. The van der Waals surface area contributed by atoms with Gasteiger partial charge in [0.25, 0.3) is 0 Å². The van der Waals surface area contributed by atoms with Crippen LogP contribution in [0, 0.1) is 0 Å². The van der Waals surface area contributed by atoms with Crippen LogP contribution in [0.25, 0.3) is 0 Å². The van der Waals surface area contributed by atoms with E-state index in [1.807, 2.05) is 13.8 Å². The van der Waals surface area contributed by atoms with Crippen LogP contribution in [-0.2, 0) is 9.53 Å². The minimum Gasteiger partial charge on any atom is -0.383 e. The minimum absolute atomic E-state index is 0. The van der Waals surface area contributed by atoms with Crippen LogP contribution in [0.4, 0.5) is 0 Å². The third kappa shape index (κ3) is 11.7. The number of nitrogens with zero attached hydrogens (tertiary/aromatic N) is 1. The van der Waals surface area contributed by atoms with Crippen molar-refractivity contribution in [3.05, 3.63) is 0 Å². The first-order valence-electron chi connectivity index (χ1n) is 5.52. The minimum atomic E-state index is -0.0774. The Kier molecular flexibility index (Phi) is 14.9. The summed E-state index contributed by atoms with van der Waals surface area (Å²) in [5.41, 5.74) is 0. The van der Waals surface area contributed by atoms with E-state index in [2.05, 4.69) is 20.9 Å². The molecule has 0 radical (unpaired) electrons. The maximum absolute atomic E-state index is 11.2. The summed E-state index contributed by atoms with van der Waals surface area (Å²) < 4.78 is 4.91. The third-order valence-electron chi connectivity index (χ3n) is 1.70. The van der Waals surface area contributed by atoms with Crippen molar-refractivity contribution in [1.82, 2.24) is 16.0 Å². The highest BCUT2D eigenvalue weighted by Crippen LogP contribution is 1.75. The molecule has 7 heteroatoms. The van der Waals surface area contributed by atoms with Crippen LogP contribution >= 0.6 is 24.0 Å². The molecule has 102 valence electrons. The number of aliphatic imine (C=N–C) groups is 1. The monoisotopic (exact) mass is 358 g/mol. The fourth-order valence-electron chi connectivity index (χ4n) is 1.02. The molecular weight excluding hydrogens is 335 g/mol. The Balaban J connectivity index is 0. The fraction of sp³-hybridized carbons (Fsp3) is 0.800. The number of rotatable bonds is 7. The van der Waals surface area contributed by atoms with Crippen molar-refractivity contribution in [1.29, 1.82) is 0 Å². The second-order valence-electron chi connectivity index (χ2n) is 3.07. The zero-order valence-corrected chi connectivity index (χ0v) is 13.0.